The Labute approximate surface area is 314 Å². The van der Waals surface area contributed by atoms with E-state index in [1.165, 1.54) is 12.0 Å². The van der Waals surface area contributed by atoms with Gasteiger partial charge in [0.25, 0.3) is 0 Å². The number of nitrogens with zero attached hydrogens (tertiary/aromatic N) is 3. The van der Waals surface area contributed by atoms with Gasteiger partial charge in [0.1, 0.15) is 17.7 Å². The van der Waals surface area contributed by atoms with Gasteiger partial charge < -0.3 is 39.2 Å². The lowest BCUT2D eigenvalue weighted by atomic mass is 9.70. The number of nitrogens with one attached hydrogen (secondary N) is 1. The molecule has 1 unspecified atom stereocenters. The van der Waals surface area contributed by atoms with Gasteiger partial charge in [0.05, 0.1) is 56.5 Å². The number of likely N-dealkylation sites (tertiary alicyclic amines) is 1. The molecule has 0 saturated carbocycles. The summed E-state index contributed by atoms with van der Waals surface area (Å²) in [7, 11) is 1.50. The molecule has 0 radical (unpaired) electrons. The molecule has 286 valence electrons. The van der Waals surface area contributed by atoms with E-state index in [1.807, 2.05) is 25.1 Å². The summed E-state index contributed by atoms with van der Waals surface area (Å²) in [6, 6.07) is 6.57. The van der Waals surface area contributed by atoms with Crippen LogP contribution in [0.4, 0.5) is 0 Å². The number of carbonyl (C=O) groups excluding carboxylic acids is 4. The van der Waals surface area contributed by atoms with Gasteiger partial charge in [-0.2, -0.15) is 0 Å². The standard InChI is InChI=1S/C38H53BrN4O9/c1-5-8-14-29(45)40-28(24-49-4)32(25-12-10-9-11-13-25)51-37(48)30-31-35(46)43(26(7-3)23-44)34(38(31)22-27(39)33(30)52-38)36(47)42(15-6-2)17-16-41-18-20-50-21-19-41/h5-6,9-13,26-28,30-34,44H,1-2,7-8,14-24H2,3-4H3,(H,40,45)/t26-,27?,28+,30+,31-,32+,33+,34+,38-/m0/s1. The average molecular weight is 790 g/mol. The molecule has 4 saturated heterocycles. The lowest BCUT2D eigenvalue weighted by Gasteiger charge is -2.39. The predicted octanol–water partition coefficient (Wildman–Crippen LogP) is 2.23. The van der Waals surface area contributed by atoms with Crippen molar-refractivity contribution in [3.8, 4) is 0 Å². The van der Waals surface area contributed by atoms with Crippen molar-refractivity contribution in [1.82, 2.24) is 20.0 Å². The number of alkyl halides is 1. The highest BCUT2D eigenvalue weighted by molar-refractivity contribution is 9.09. The molecular weight excluding hydrogens is 736 g/mol. The maximum atomic E-state index is 14.8. The first-order chi connectivity index (χ1) is 25.1. The Morgan fingerprint density at radius 2 is 1.92 bits per heavy atom. The van der Waals surface area contributed by atoms with Gasteiger partial charge in [-0.3, -0.25) is 24.1 Å². The molecule has 4 aliphatic rings. The fourth-order valence-corrected chi connectivity index (χ4v) is 9.20. The second kappa shape index (κ2) is 18.3. The SMILES string of the molecule is C=CCCC(=O)N[C@H](COC)[C@H](OC(=O)[C@H]1[C@@H]2O[C@@]3(CC2Br)[C@@H]1C(=O)N([C@@H](CC)CO)[C@@H]3C(=O)N(CC=C)CCN1CCOCC1)c1ccccc1. The third-order valence-corrected chi connectivity index (χ3v) is 11.6. The minimum absolute atomic E-state index is 0.0489. The van der Waals surface area contributed by atoms with Crippen molar-refractivity contribution in [2.75, 3.05) is 66.3 Å². The predicted molar refractivity (Wildman–Crippen MR) is 196 cm³/mol. The van der Waals surface area contributed by atoms with Crippen molar-refractivity contribution >= 4 is 39.6 Å². The van der Waals surface area contributed by atoms with Gasteiger partial charge in [-0.15, -0.1) is 13.2 Å². The molecule has 1 aromatic rings. The van der Waals surface area contributed by atoms with Gasteiger partial charge in [-0.25, -0.2) is 0 Å². The van der Waals surface area contributed by atoms with Crippen molar-refractivity contribution in [1.29, 1.82) is 0 Å². The lowest BCUT2D eigenvalue weighted by Crippen LogP contribution is -2.59. The molecule has 13 nitrogen and oxygen atoms in total. The average Bonchev–Trinajstić information content (AvgIpc) is 3.75. The number of esters is 1. The normalized spacial score (nSPS) is 28.5. The van der Waals surface area contributed by atoms with Crippen LogP contribution in [0.15, 0.2) is 55.6 Å². The maximum absolute atomic E-state index is 14.8. The van der Waals surface area contributed by atoms with Crippen LogP contribution in [0.3, 0.4) is 0 Å². The smallest absolute Gasteiger partial charge is 0.313 e. The molecule has 0 aromatic heterocycles. The van der Waals surface area contributed by atoms with Crippen molar-refractivity contribution in [2.24, 2.45) is 11.8 Å². The van der Waals surface area contributed by atoms with Crippen LogP contribution >= 0.6 is 15.9 Å². The number of halogens is 1. The highest BCUT2D eigenvalue weighted by Crippen LogP contribution is 2.61. The second-order valence-electron chi connectivity index (χ2n) is 13.9. The number of fused-ring (bicyclic) bond motifs is 1. The number of carbonyl (C=O) groups is 4. The molecular formula is C38H53BrN4O9. The molecule has 1 aromatic carbocycles. The van der Waals surface area contributed by atoms with E-state index in [2.05, 4.69) is 39.3 Å². The Morgan fingerprint density at radius 1 is 1.19 bits per heavy atom. The summed E-state index contributed by atoms with van der Waals surface area (Å²) >= 11 is 3.74. The number of hydrogen-bond acceptors (Lipinski definition) is 10. The molecule has 1 spiro atoms. The summed E-state index contributed by atoms with van der Waals surface area (Å²) < 4.78 is 24.0. The van der Waals surface area contributed by atoms with E-state index in [9.17, 15) is 24.3 Å². The Balaban J connectivity index is 1.48. The van der Waals surface area contributed by atoms with E-state index in [4.69, 9.17) is 18.9 Å². The fraction of sp³-hybridized carbons (Fsp3) is 0.632. The Morgan fingerprint density at radius 3 is 2.56 bits per heavy atom. The fourth-order valence-electron chi connectivity index (χ4n) is 8.26. The van der Waals surface area contributed by atoms with E-state index < -0.39 is 59.6 Å². The number of methoxy groups -OCH3 is 1. The number of aliphatic hydroxyl groups is 1. The molecule has 4 fully saturated rings. The molecule has 52 heavy (non-hydrogen) atoms. The molecule has 5 rings (SSSR count). The molecule has 4 aliphatic heterocycles. The summed E-state index contributed by atoms with van der Waals surface area (Å²) in [5.74, 6) is -3.75. The summed E-state index contributed by atoms with van der Waals surface area (Å²) in [5.41, 5.74) is -0.708. The van der Waals surface area contributed by atoms with Crippen molar-refractivity contribution in [2.45, 2.75) is 73.4 Å². The van der Waals surface area contributed by atoms with Crippen LogP contribution in [0.2, 0.25) is 0 Å². The van der Waals surface area contributed by atoms with E-state index in [0.29, 0.717) is 51.1 Å². The van der Waals surface area contributed by atoms with Crippen molar-refractivity contribution < 1.29 is 43.2 Å². The zero-order valence-electron chi connectivity index (χ0n) is 30.2. The Bertz CT molecular complexity index is 1420. The molecule has 4 heterocycles. The molecule has 14 heteroatoms. The number of ether oxygens (including phenoxy) is 4. The number of rotatable bonds is 19. The minimum atomic E-state index is -1.34. The van der Waals surface area contributed by atoms with E-state index >= 15 is 0 Å². The number of aliphatic hydroxyl groups excluding tert-OH is 1. The number of amides is 3. The highest BCUT2D eigenvalue weighted by atomic mass is 79.9. The van der Waals surface area contributed by atoms with Crippen molar-refractivity contribution in [3.05, 3.63) is 61.2 Å². The van der Waals surface area contributed by atoms with Crippen LogP contribution in [0, 0.1) is 11.8 Å². The Kier molecular flexibility index (Phi) is 14.1. The van der Waals surface area contributed by atoms with Gasteiger partial charge in [0, 0.05) is 51.1 Å². The topological polar surface area (TPSA) is 147 Å². The highest BCUT2D eigenvalue weighted by Gasteiger charge is 2.77. The molecule has 9 atom stereocenters. The van der Waals surface area contributed by atoms with Gasteiger partial charge in [-0.1, -0.05) is 65.3 Å². The van der Waals surface area contributed by atoms with E-state index in [-0.39, 0.29) is 42.8 Å². The first-order valence-electron chi connectivity index (χ1n) is 18.2. The number of hydrogen-bond donors (Lipinski definition) is 2. The van der Waals surface area contributed by atoms with Crippen LogP contribution in [-0.4, -0.2) is 144 Å². The Hall–Kier alpha value is -3.14. The van der Waals surface area contributed by atoms with Gasteiger partial charge in [0.15, 0.2) is 0 Å². The molecule has 0 aliphatic carbocycles. The molecule has 2 bridgehead atoms. The summed E-state index contributed by atoms with van der Waals surface area (Å²) in [6.45, 7) is 13.1. The monoisotopic (exact) mass is 788 g/mol. The van der Waals surface area contributed by atoms with Crippen molar-refractivity contribution in [3.63, 3.8) is 0 Å². The largest absolute Gasteiger partial charge is 0.455 e. The van der Waals surface area contributed by atoms with Crippen LogP contribution in [0.1, 0.15) is 44.3 Å². The third kappa shape index (κ3) is 8.17. The second-order valence-corrected chi connectivity index (χ2v) is 15.1. The quantitative estimate of drug-likeness (QED) is 0.122. The summed E-state index contributed by atoms with van der Waals surface area (Å²) in [4.78, 5) is 62.0. The molecule has 2 N–H and O–H groups in total. The number of benzene rings is 1. The zero-order valence-corrected chi connectivity index (χ0v) is 31.8. The first kappa shape index (κ1) is 40.1. The van der Waals surface area contributed by atoms with Gasteiger partial charge in [-0.05, 0) is 24.8 Å². The molecule has 3 amide bonds. The van der Waals surface area contributed by atoms with E-state index in [0.717, 1.165) is 13.1 Å². The summed E-state index contributed by atoms with van der Waals surface area (Å²) in [6.07, 6.45) is 2.98. The zero-order chi connectivity index (χ0) is 37.4. The van der Waals surface area contributed by atoms with Crippen LogP contribution in [0.25, 0.3) is 0 Å². The third-order valence-electron chi connectivity index (χ3n) is 10.8. The number of morpholine rings is 1. The lowest BCUT2D eigenvalue weighted by molar-refractivity contribution is -0.163. The minimum Gasteiger partial charge on any atom is -0.455 e. The van der Waals surface area contributed by atoms with Crippen LogP contribution in [0.5, 0.6) is 0 Å². The van der Waals surface area contributed by atoms with Gasteiger partial charge in [0.2, 0.25) is 17.7 Å². The van der Waals surface area contributed by atoms with Crippen LogP contribution < -0.4 is 5.32 Å². The van der Waals surface area contributed by atoms with E-state index in [1.54, 1.807) is 29.2 Å². The maximum Gasteiger partial charge on any atom is 0.313 e. The van der Waals surface area contributed by atoms with Crippen LogP contribution in [-0.2, 0) is 38.1 Å². The summed E-state index contributed by atoms with van der Waals surface area (Å²) in [5, 5.41) is 13.5. The number of allylic oxidation sites excluding steroid dienone is 1. The first-order valence-corrected chi connectivity index (χ1v) is 19.2. The van der Waals surface area contributed by atoms with Gasteiger partial charge >= 0.3 is 5.97 Å².